The number of allylic oxidation sites excluding steroid dienone is 1. The van der Waals surface area contributed by atoms with Crippen molar-refractivity contribution < 1.29 is 9.50 Å². The number of halogens is 2. The van der Waals surface area contributed by atoms with Crippen LogP contribution in [0.3, 0.4) is 0 Å². The number of aliphatic hydroxyl groups excluding tert-OH is 1. The summed E-state index contributed by atoms with van der Waals surface area (Å²) >= 11 is 5.68. The first-order chi connectivity index (χ1) is 7.54. The monoisotopic (exact) mass is 240 g/mol. The summed E-state index contributed by atoms with van der Waals surface area (Å²) in [5, 5.41) is 9.38. The van der Waals surface area contributed by atoms with Gasteiger partial charge in [-0.2, -0.15) is 0 Å². The Kier molecular flexibility index (Phi) is 2.69. The lowest BCUT2D eigenvalue weighted by molar-refractivity contribution is 0.278. The molecule has 0 unspecified atom stereocenters. The summed E-state index contributed by atoms with van der Waals surface area (Å²) in [6.45, 7) is 5.33. The summed E-state index contributed by atoms with van der Waals surface area (Å²) in [7, 11) is 0. The van der Waals surface area contributed by atoms with E-state index in [4.69, 9.17) is 16.7 Å². The second-order valence-corrected chi connectivity index (χ2v) is 3.94. The highest BCUT2D eigenvalue weighted by Crippen LogP contribution is 2.29. The van der Waals surface area contributed by atoms with Crippen LogP contribution in [-0.4, -0.2) is 15.1 Å². The van der Waals surface area contributed by atoms with Gasteiger partial charge in [-0.25, -0.2) is 9.37 Å². The van der Waals surface area contributed by atoms with E-state index in [0.29, 0.717) is 22.3 Å². The van der Waals surface area contributed by atoms with E-state index in [1.807, 2.05) is 0 Å². The van der Waals surface area contributed by atoms with Gasteiger partial charge in [0, 0.05) is 11.1 Å². The van der Waals surface area contributed by atoms with E-state index >= 15 is 0 Å². The number of hydrogen-bond acceptors (Lipinski definition) is 2. The second-order valence-electron chi connectivity index (χ2n) is 3.59. The van der Waals surface area contributed by atoms with E-state index in [9.17, 15) is 4.39 Å². The summed E-state index contributed by atoms with van der Waals surface area (Å²) in [6.07, 6.45) is 0. The van der Waals surface area contributed by atoms with Crippen LogP contribution in [0.2, 0.25) is 5.15 Å². The van der Waals surface area contributed by atoms with Crippen LogP contribution in [0.25, 0.3) is 16.5 Å². The Hall–Kier alpha value is -1.39. The maximum Gasteiger partial charge on any atom is 0.184 e. The molecular weight excluding hydrogens is 231 g/mol. The van der Waals surface area contributed by atoms with Crippen molar-refractivity contribution in [3.05, 3.63) is 35.0 Å². The number of nitrogens with one attached hydrogen (secondary N) is 1. The molecule has 0 saturated carbocycles. The SMILES string of the molecule is C=C(C)c1nc(Cl)c(F)c2[nH]c(CO)cc12. The highest BCUT2D eigenvalue weighted by Gasteiger charge is 2.15. The van der Waals surface area contributed by atoms with E-state index in [1.54, 1.807) is 13.0 Å². The number of H-pyrrole nitrogens is 1. The zero-order valence-electron chi connectivity index (χ0n) is 8.64. The molecule has 0 spiro atoms. The molecule has 0 bridgehead atoms. The molecule has 0 saturated heterocycles. The second kappa shape index (κ2) is 3.88. The van der Waals surface area contributed by atoms with Crippen LogP contribution in [-0.2, 0) is 6.61 Å². The number of fused-ring (bicyclic) bond motifs is 1. The topological polar surface area (TPSA) is 48.9 Å². The van der Waals surface area contributed by atoms with Crippen molar-refractivity contribution in [1.82, 2.24) is 9.97 Å². The molecule has 3 nitrogen and oxygen atoms in total. The van der Waals surface area contributed by atoms with Crippen molar-refractivity contribution in [3.63, 3.8) is 0 Å². The van der Waals surface area contributed by atoms with Crippen molar-refractivity contribution in [3.8, 4) is 0 Å². The molecular formula is C11H10ClFN2O. The largest absolute Gasteiger partial charge is 0.390 e. The Morgan fingerprint density at radius 1 is 1.69 bits per heavy atom. The Morgan fingerprint density at radius 3 is 2.94 bits per heavy atom. The molecule has 0 fully saturated rings. The minimum Gasteiger partial charge on any atom is -0.390 e. The standard InChI is InChI=1S/C11H10ClFN2O/c1-5(2)9-7-3-6(4-16)14-10(7)8(13)11(12)15-9/h3,14,16H,1,4H2,2H3. The Labute approximate surface area is 96.6 Å². The maximum atomic E-state index is 13.7. The lowest BCUT2D eigenvalue weighted by Crippen LogP contribution is -1.92. The summed E-state index contributed by atoms with van der Waals surface area (Å²) in [6, 6.07) is 1.64. The first-order valence-corrected chi connectivity index (χ1v) is 5.05. The molecule has 0 aliphatic rings. The molecule has 5 heteroatoms. The van der Waals surface area contributed by atoms with Crippen LogP contribution in [0.5, 0.6) is 0 Å². The molecule has 2 aromatic heterocycles. The van der Waals surface area contributed by atoms with Crippen LogP contribution in [0.1, 0.15) is 18.3 Å². The predicted molar refractivity (Wildman–Crippen MR) is 61.7 cm³/mol. The first-order valence-electron chi connectivity index (χ1n) is 4.68. The Bertz CT molecular complexity index is 577. The molecule has 0 aliphatic heterocycles. The number of pyridine rings is 1. The number of nitrogens with zero attached hydrogens (tertiary/aromatic N) is 1. The van der Waals surface area contributed by atoms with Gasteiger partial charge in [0.25, 0.3) is 0 Å². The normalized spacial score (nSPS) is 11.0. The van der Waals surface area contributed by atoms with E-state index in [0.717, 1.165) is 0 Å². The van der Waals surface area contributed by atoms with Gasteiger partial charge >= 0.3 is 0 Å². The van der Waals surface area contributed by atoms with Crippen LogP contribution in [0.15, 0.2) is 12.6 Å². The molecule has 0 atom stereocenters. The zero-order chi connectivity index (χ0) is 11.9. The molecule has 16 heavy (non-hydrogen) atoms. The average molecular weight is 241 g/mol. The third-order valence-corrected chi connectivity index (χ3v) is 2.56. The number of rotatable bonds is 2. The smallest absolute Gasteiger partial charge is 0.184 e. The van der Waals surface area contributed by atoms with Gasteiger partial charge in [-0.3, -0.25) is 0 Å². The maximum absolute atomic E-state index is 13.7. The highest BCUT2D eigenvalue weighted by molar-refractivity contribution is 6.30. The van der Waals surface area contributed by atoms with Gasteiger partial charge in [0.1, 0.15) is 0 Å². The van der Waals surface area contributed by atoms with Gasteiger partial charge in [0.05, 0.1) is 17.8 Å². The van der Waals surface area contributed by atoms with Crippen molar-refractivity contribution in [2.75, 3.05) is 0 Å². The van der Waals surface area contributed by atoms with Crippen molar-refractivity contribution >= 4 is 28.1 Å². The van der Waals surface area contributed by atoms with E-state index in [2.05, 4.69) is 16.5 Å². The molecule has 0 aromatic carbocycles. The van der Waals surface area contributed by atoms with Crippen molar-refractivity contribution in [2.24, 2.45) is 0 Å². The van der Waals surface area contributed by atoms with Crippen LogP contribution >= 0.6 is 11.6 Å². The number of hydrogen-bond donors (Lipinski definition) is 2. The quantitative estimate of drug-likeness (QED) is 0.793. The molecule has 2 heterocycles. The van der Waals surface area contributed by atoms with Crippen LogP contribution in [0, 0.1) is 5.82 Å². The number of aromatic amines is 1. The first kappa shape index (κ1) is 11.1. The fraction of sp³-hybridized carbons (Fsp3) is 0.182. The number of aliphatic hydroxyl groups is 1. The van der Waals surface area contributed by atoms with Gasteiger partial charge in [0.15, 0.2) is 11.0 Å². The molecule has 0 aliphatic carbocycles. The van der Waals surface area contributed by atoms with E-state index < -0.39 is 5.82 Å². The molecule has 2 N–H and O–H groups in total. The minimum absolute atomic E-state index is 0.193. The fourth-order valence-electron chi connectivity index (χ4n) is 1.59. The average Bonchev–Trinajstić information content (AvgIpc) is 2.67. The summed E-state index contributed by atoms with van der Waals surface area (Å²) in [5.41, 5.74) is 2.00. The Balaban J connectivity index is 2.86. The summed E-state index contributed by atoms with van der Waals surface area (Å²) < 4.78 is 13.7. The molecule has 2 aromatic rings. The third-order valence-electron chi connectivity index (χ3n) is 2.31. The van der Waals surface area contributed by atoms with Crippen LogP contribution in [0.4, 0.5) is 4.39 Å². The molecule has 2 rings (SSSR count). The van der Waals surface area contributed by atoms with E-state index in [-0.39, 0.29) is 17.3 Å². The zero-order valence-corrected chi connectivity index (χ0v) is 9.40. The van der Waals surface area contributed by atoms with Gasteiger partial charge in [0.2, 0.25) is 0 Å². The van der Waals surface area contributed by atoms with Crippen molar-refractivity contribution in [1.29, 1.82) is 0 Å². The molecule has 84 valence electrons. The Morgan fingerprint density at radius 2 is 2.38 bits per heavy atom. The summed E-state index contributed by atoms with van der Waals surface area (Å²) in [5.74, 6) is -0.610. The predicted octanol–water partition coefficient (Wildman–Crippen LogP) is 2.88. The fourth-order valence-corrected chi connectivity index (χ4v) is 1.77. The van der Waals surface area contributed by atoms with Gasteiger partial charge in [-0.15, -0.1) is 0 Å². The minimum atomic E-state index is -0.610. The van der Waals surface area contributed by atoms with Gasteiger partial charge < -0.3 is 10.1 Å². The van der Waals surface area contributed by atoms with Crippen molar-refractivity contribution in [2.45, 2.75) is 13.5 Å². The third kappa shape index (κ3) is 1.60. The lowest BCUT2D eigenvalue weighted by Gasteiger charge is -2.03. The summed E-state index contributed by atoms with van der Waals surface area (Å²) in [4.78, 5) is 6.70. The lowest BCUT2D eigenvalue weighted by atomic mass is 10.1. The highest BCUT2D eigenvalue weighted by atomic mass is 35.5. The molecule has 0 amide bonds. The number of aromatic nitrogens is 2. The molecule has 0 radical (unpaired) electrons. The van der Waals surface area contributed by atoms with Gasteiger partial charge in [-0.1, -0.05) is 18.2 Å². The van der Waals surface area contributed by atoms with Gasteiger partial charge in [-0.05, 0) is 18.6 Å². The van der Waals surface area contributed by atoms with Crippen LogP contribution < -0.4 is 0 Å². The van der Waals surface area contributed by atoms with E-state index in [1.165, 1.54) is 0 Å².